The topological polar surface area (TPSA) is 17.1 Å². The van der Waals surface area contributed by atoms with Gasteiger partial charge in [-0.3, -0.25) is 4.79 Å². The van der Waals surface area contributed by atoms with Gasteiger partial charge in [-0.15, -0.1) is 11.3 Å². The molecule has 2 aromatic rings. The van der Waals surface area contributed by atoms with E-state index in [2.05, 4.69) is 18.2 Å². The summed E-state index contributed by atoms with van der Waals surface area (Å²) in [5.74, 6) is 0. The summed E-state index contributed by atoms with van der Waals surface area (Å²) >= 11 is 1.69. The number of carbonyl (C=O) groups excluding carboxylic acids is 1. The van der Waals surface area contributed by atoms with E-state index >= 15 is 0 Å². The Morgan fingerprint density at radius 3 is 2.85 bits per heavy atom. The first-order valence-electron chi connectivity index (χ1n) is 4.00. The number of hydrogen-bond acceptors (Lipinski definition) is 2. The molecule has 0 atom stereocenters. The highest BCUT2D eigenvalue weighted by Gasteiger charge is 1.96. The standard InChI is InChI=1S/C11H8OS/c12-7-3-5-10-8-9-4-1-2-6-11(9)13-10/h1-8H/b5-3+. The lowest BCUT2D eigenvalue weighted by Crippen LogP contribution is -1.59. The molecule has 0 unspecified atom stereocenters. The summed E-state index contributed by atoms with van der Waals surface area (Å²) in [5, 5.41) is 1.23. The number of hydrogen-bond donors (Lipinski definition) is 0. The number of rotatable bonds is 2. The van der Waals surface area contributed by atoms with Gasteiger partial charge >= 0.3 is 0 Å². The highest BCUT2D eigenvalue weighted by molar-refractivity contribution is 7.19. The van der Waals surface area contributed by atoms with Crippen LogP contribution in [-0.4, -0.2) is 6.29 Å². The molecule has 0 fully saturated rings. The fraction of sp³-hybridized carbons (Fsp3) is 0. The summed E-state index contributed by atoms with van der Waals surface area (Å²) in [7, 11) is 0. The van der Waals surface area contributed by atoms with Gasteiger partial charge in [-0.05, 0) is 29.7 Å². The van der Waals surface area contributed by atoms with Crippen LogP contribution < -0.4 is 0 Å². The molecule has 0 N–H and O–H groups in total. The Labute approximate surface area is 80.3 Å². The van der Waals surface area contributed by atoms with E-state index in [1.54, 1.807) is 11.3 Å². The van der Waals surface area contributed by atoms with Gasteiger partial charge in [0.2, 0.25) is 0 Å². The maximum atomic E-state index is 10.1. The van der Waals surface area contributed by atoms with Crippen molar-refractivity contribution in [1.29, 1.82) is 0 Å². The van der Waals surface area contributed by atoms with E-state index < -0.39 is 0 Å². The summed E-state index contributed by atoms with van der Waals surface area (Å²) in [6, 6.07) is 10.3. The zero-order valence-corrected chi connectivity index (χ0v) is 7.75. The summed E-state index contributed by atoms with van der Waals surface area (Å²) in [6.07, 6.45) is 4.15. The van der Waals surface area contributed by atoms with Crippen LogP contribution in [0.4, 0.5) is 0 Å². The highest BCUT2D eigenvalue weighted by Crippen LogP contribution is 2.25. The lowest BCUT2D eigenvalue weighted by Gasteiger charge is -1.82. The van der Waals surface area contributed by atoms with E-state index in [0.29, 0.717) is 0 Å². The predicted octanol–water partition coefficient (Wildman–Crippen LogP) is 3.11. The molecule has 1 aromatic heterocycles. The molecule has 0 bridgehead atoms. The van der Waals surface area contributed by atoms with Crippen molar-refractivity contribution in [1.82, 2.24) is 0 Å². The largest absolute Gasteiger partial charge is 0.299 e. The smallest absolute Gasteiger partial charge is 0.142 e. The van der Waals surface area contributed by atoms with Crippen LogP contribution in [0.5, 0.6) is 0 Å². The second-order valence-electron chi connectivity index (χ2n) is 2.68. The molecule has 0 aliphatic heterocycles. The van der Waals surface area contributed by atoms with Crippen molar-refractivity contribution < 1.29 is 4.79 Å². The van der Waals surface area contributed by atoms with Crippen LogP contribution in [0.2, 0.25) is 0 Å². The second-order valence-corrected chi connectivity index (χ2v) is 3.80. The third-order valence-corrected chi connectivity index (χ3v) is 2.86. The quantitative estimate of drug-likeness (QED) is 0.522. The van der Waals surface area contributed by atoms with Crippen LogP contribution in [0.25, 0.3) is 16.2 Å². The van der Waals surface area contributed by atoms with Gasteiger partial charge in [0.1, 0.15) is 6.29 Å². The fourth-order valence-electron chi connectivity index (χ4n) is 1.22. The molecule has 0 radical (unpaired) electrons. The van der Waals surface area contributed by atoms with Crippen molar-refractivity contribution in [3.63, 3.8) is 0 Å². The summed E-state index contributed by atoms with van der Waals surface area (Å²) in [5.41, 5.74) is 0. The molecule has 0 saturated heterocycles. The average molecular weight is 188 g/mol. The van der Waals surface area contributed by atoms with E-state index in [-0.39, 0.29) is 0 Å². The van der Waals surface area contributed by atoms with Gasteiger partial charge < -0.3 is 0 Å². The minimum atomic E-state index is 0.796. The molecule has 1 nitrogen and oxygen atoms in total. The number of thiophene rings is 1. The number of carbonyl (C=O) groups is 1. The van der Waals surface area contributed by atoms with Gasteiger partial charge in [-0.2, -0.15) is 0 Å². The molecule has 1 heterocycles. The molecule has 0 aliphatic carbocycles. The summed E-state index contributed by atoms with van der Waals surface area (Å²) in [4.78, 5) is 11.2. The zero-order valence-electron chi connectivity index (χ0n) is 6.94. The monoisotopic (exact) mass is 188 g/mol. The Hall–Kier alpha value is -1.41. The van der Waals surface area contributed by atoms with Crippen molar-refractivity contribution in [2.45, 2.75) is 0 Å². The van der Waals surface area contributed by atoms with Gasteiger partial charge in [0.05, 0.1) is 0 Å². The molecule has 0 aliphatic rings. The number of aldehydes is 1. The lowest BCUT2D eigenvalue weighted by atomic mass is 10.2. The SMILES string of the molecule is O=C/C=C/c1cc2ccccc2s1. The maximum Gasteiger partial charge on any atom is 0.142 e. The molecule has 13 heavy (non-hydrogen) atoms. The van der Waals surface area contributed by atoms with Crippen molar-refractivity contribution in [3.05, 3.63) is 41.3 Å². The Morgan fingerprint density at radius 1 is 1.23 bits per heavy atom. The lowest BCUT2D eigenvalue weighted by molar-refractivity contribution is -0.104. The van der Waals surface area contributed by atoms with Gasteiger partial charge in [-0.25, -0.2) is 0 Å². The first-order valence-corrected chi connectivity index (χ1v) is 4.82. The minimum absolute atomic E-state index is 0.796. The van der Waals surface area contributed by atoms with Crippen LogP contribution in [0.1, 0.15) is 4.88 Å². The van der Waals surface area contributed by atoms with Gasteiger partial charge in [0.25, 0.3) is 0 Å². The van der Waals surface area contributed by atoms with Gasteiger partial charge in [0.15, 0.2) is 0 Å². The van der Waals surface area contributed by atoms with Crippen molar-refractivity contribution in [2.24, 2.45) is 0 Å². The van der Waals surface area contributed by atoms with Crippen LogP contribution in [0.3, 0.4) is 0 Å². The molecule has 1 aromatic carbocycles. The third-order valence-electron chi connectivity index (χ3n) is 1.78. The molecule has 2 rings (SSSR count). The van der Waals surface area contributed by atoms with E-state index in [1.807, 2.05) is 18.2 Å². The van der Waals surface area contributed by atoms with Gasteiger partial charge in [0, 0.05) is 9.58 Å². The average Bonchev–Trinajstić information content (AvgIpc) is 2.57. The summed E-state index contributed by atoms with van der Waals surface area (Å²) < 4.78 is 1.26. The molecule has 0 saturated carbocycles. The predicted molar refractivity (Wildman–Crippen MR) is 56.9 cm³/mol. The normalized spacial score (nSPS) is 11.1. The minimum Gasteiger partial charge on any atom is -0.299 e. The van der Waals surface area contributed by atoms with Crippen molar-refractivity contribution in [2.75, 3.05) is 0 Å². The van der Waals surface area contributed by atoms with Crippen molar-refractivity contribution >= 4 is 33.8 Å². The molecule has 2 heteroatoms. The zero-order chi connectivity index (χ0) is 9.10. The van der Waals surface area contributed by atoms with Crippen LogP contribution in [-0.2, 0) is 4.79 Å². The molecule has 0 amide bonds. The number of allylic oxidation sites excluding steroid dienone is 1. The Balaban J connectivity index is 2.49. The molecular formula is C11H8OS. The molecular weight excluding hydrogens is 180 g/mol. The summed E-state index contributed by atoms with van der Waals surface area (Å²) in [6.45, 7) is 0. The van der Waals surface area contributed by atoms with Crippen LogP contribution >= 0.6 is 11.3 Å². The Morgan fingerprint density at radius 2 is 2.08 bits per heavy atom. The van der Waals surface area contributed by atoms with Crippen LogP contribution in [0, 0.1) is 0 Å². The van der Waals surface area contributed by atoms with Crippen LogP contribution in [0.15, 0.2) is 36.4 Å². The highest BCUT2D eigenvalue weighted by atomic mass is 32.1. The number of fused-ring (bicyclic) bond motifs is 1. The van der Waals surface area contributed by atoms with E-state index in [0.717, 1.165) is 11.2 Å². The number of benzene rings is 1. The maximum absolute atomic E-state index is 10.1. The third kappa shape index (κ3) is 1.68. The van der Waals surface area contributed by atoms with E-state index in [1.165, 1.54) is 16.2 Å². The Bertz CT molecular complexity index is 421. The first-order chi connectivity index (χ1) is 6.40. The molecule has 0 spiro atoms. The van der Waals surface area contributed by atoms with E-state index in [9.17, 15) is 4.79 Å². The second kappa shape index (κ2) is 3.54. The molecule has 64 valence electrons. The Kier molecular flexibility index (Phi) is 2.23. The fourth-order valence-corrected chi connectivity index (χ4v) is 2.20. The first kappa shape index (κ1) is 8.20. The van der Waals surface area contributed by atoms with Crippen molar-refractivity contribution in [3.8, 4) is 0 Å². The van der Waals surface area contributed by atoms with E-state index in [4.69, 9.17) is 0 Å². The van der Waals surface area contributed by atoms with Gasteiger partial charge in [-0.1, -0.05) is 18.2 Å².